The summed E-state index contributed by atoms with van der Waals surface area (Å²) in [6.45, 7) is -0.959. The number of nitrogens with one attached hydrogen (secondary N) is 1. The van der Waals surface area contributed by atoms with Gasteiger partial charge in [0, 0.05) is 18.2 Å². The summed E-state index contributed by atoms with van der Waals surface area (Å²) >= 11 is 5.78. The van der Waals surface area contributed by atoms with E-state index in [1.807, 2.05) is 6.92 Å². The number of rotatable bonds is 7. The van der Waals surface area contributed by atoms with Crippen LogP contribution in [0, 0.1) is 0 Å². The summed E-state index contributed by atoms with van der Waals surface area (Å²) in [7, 11) is 0. The number of carbonyl (C=O) groups excluding carboxylic acids is 1. The third-order valence-electron chi connectivity index (χ3n) is 2.54. The van der Waals surface area contributed by atoms with Gasteiger partial charge in [-0.2, -0.15) is 8.78 Å². The number of nitrogens with two attached hydrogens (primary N) is 1. The Morgan fingerprint density at radius 1 is 1.50 bits per heavy atom. The largest absolute Gasteiger partial charge is 0.433 e. The molecule has 4 nitrogen and oxygen atoms in total. The monoisotopic (exact) mass is 306 g/mol. The van der Waals surface area contributed by atoms with Crippen LogP contribution in [0.5, 0.6) is 5.75 Å². The van der Waals surface area contributed by atoms with E-state index in [9.17, 15) is 13.6 Å². The molecule has 0 bridgehead atoms. The predicted octanol–water partition coefficient (Wildman–Crippen LogP) is 3.40. The lowest BCUT2D eigenvalue weighted by molar-refractivity contribution is -0.116. The minimum absolute atomic E-state index is 0.000886. The van der Waals surface area contributed by atoms with Crippen LogP contribution < -0.4 is 15.8 Å². The standard InChI is InChI=1S/C13H17ClF2N2O2/c1-2-3-8(17)6-12(19)18-9-4-5-11(10(14)7-9)20-13(15)16/h4-5,7-8,13H,2-3,6,17H2,1H3,(H,18,19). The molecule has 7 heteroatoms. The van der Waals surface area contributed by atoms with Crippen molar-refractivity contribution >= 4 is 23.2 Å². The molecule has 0 saturated heterocycles. The van der Waals surface area contributed by atoms with Gasteiger partial charge in [-0.15, -0.1) is 0 Å². The zero-order valence-corrected chi connectivity index (χ0v) is 11.8. The van der Waals surface area contributed by atoms with E-state index in [0.717, 1.165) is 12.8 Å². The second kappa shape index (κ2) is 8.01. The van der Waals surface area contributed by atoms with Crippen molar-refractivity contribution in [3.63, 3.8) is 0 Å². The summed E-state index contributed by atoms with van der Waals surface area (Å²) in [5, 5.41) is 2.61. The van der Waals surface area contributed by atoms with Gasteiger partial charge in [0.2, 0.25) is 5.91 Å². The lowest BCUT2D eigenvalue weighted by Gasteiger charge is -2.12. The van der Waals surface area contributed by atoms with Crippen molar-refractivity contribution in [1.82, 2.24) is 0 Å². The summed E-state index contributed by atoms with van der Waals surface area (Å²) in [5.74, 6) is -0.383. The summed E-state index contributed by atoms with van der Waals surface area (Å²) in [6.07, 6.45) is 1.86. The number of ether oxygens (including phenoxy) is 1. The third kappa shape index (κ3) is 5.71. The normalized spacial score (nSPS) is 12.3. The molecule has 0 fully saturated rings. The van der Waals surface area contributed by atoms with Crippen LogP contribution in [-0.2, 0) is 4.79 Å². The van der Waals surface area contributed by atoms with Crippen LogP contribution in [0.3, 0.4) is 0 Å². The van der Waals surface area contributed by atoms with Crippen molar-refractivity contribution in [1.29, 1.82) is 0 Å². The fraction of sp³-hybridized carbons (Fsp3) is 0.462. The Morgan fingerprint density at radius 2 is 2.20 bits per heavy atom. The van der Waals surface area contributed by atoms with Gasteiger partial charge in [0.1, 0.15) is 5.75 Å². The minimum atomic E-state index is -2.94. The van der Waals surface area contributed by atoms with Gasteiger partial charge in [-0.1, -0.05) is 24.9 Å². The molecule has 0 heterocycles. The molecule has 1 atom stereocenters. The molecule has 1 rings (SSSR count). The lowest BCUT2D eigenvalue weighted by atomic mass is 10.1. The van der Waals surface area contributed by atoms with Crippen molar-refractivity contribution < 1.29 is 18.3 Å². The zero-order valence-electron chi connectivity index (χ0n) is 11.0. The molecule has 0 aliphatic carbocycles. The minimum Gasteiger partial charge on any atom is -0.433 e. The summed E-state index contributed by atoms with van der Waals surface area (Å²) < 4.78 is 28.3. The van der Waals surface area contributed by atoms with Gasteiger partial charge in [-0.3, -0.25) is 4.79 Å². The molecule has 3 N–H and O–H groups in total. The van der Waals surface area contributed by atoms with Crippen molar-refractivity contribution in [2.75, 3.05) is 5.32 Å². The molecule has 0 radical (unpaired) electrons. The number of hydrogen-bond acceptors (Lipinski definition) is 3. The van der Waals surface area contributed by atoms with Gasteiger partial charge >= 0.3 is 6.61 Å². The Balaban J connectivity index is 2.60. The average Bonchev–Trinajstić information content (AvgIpc) is 2.32. The number of halogens is 3. The van der Waals surface area contributed by atoms with Crippen molar-refractivity contribution in [2.24, 2.45) is 5.73 Å². The maximum absolute atomic E-state index is 12.1. The van der Waals surface area contributed by atoms with E-state index in [1.165, 1.54) is 18.2 Å². The quantitative estimate of drug-likeness (QED) is 0.811. The van der Waals surface area contributed by atoms with Crippen LogP contribution in [0.2, 0.25) is 5.02 Å². The molecular formula is C13H17ClF2N2O2. The average molecular weight is 307 g/mol. The Hall–Kier alpha value is -1.40. The molecule has 0 aliphatic heterocycles. The molecule has 1 unspecified atom stereocenters. The van der Waals surface area contributed by atoms with E-state index in [-0.39, 0.29) is 29.1 Å². The summed E-state index contributed by atoms with van der Waals surface area (Å²) in [4.78, 5) is 11.7. The van der Waals surface area contributed by atoms with Crippen molar-refractivity contribution in [2.45, 2.75) is 38.8 Å². The highest BCUT2D eigenvalue weighted by Gasteiger charge is 2.12. The van der Waals surface area contributed by atoms with Gasteiger partial charge in [0.05, 0.1) is 5.02 Å². The van der Waals surface area contributed by atoms with E-state index in [1.54, 1.807) is 0 Å². The van der Waals surface area contributed by atoms with Gasteiger partial charge in [0.25, 0.3) is 0 Å². The smallest absolute Gasteiger partial charge is 0.387 e. The van der Waals surface area contributed by atoms with E-state index >= 15 is 0 Å². The third-order valence-corrected chi connectivity index (χ3v) is 2.83. The summed E-state index contributed by atoms with van der Waals surface area (Å²) in [6, 6.07) is 3.86. The molecule has 1 aromatic rings. The molecule has 1 aromatic carbocycles. The van der Waals surface area contributed by atoms with Gasteiger partial charge in [-0.05, 0) is 24.6 Å². The highest BCUT2D eigenvalue weighted by molar-refractivity contribution is 6.32. The number of anilines is 1. The molecule has 0 saturated carbocycles. The van der Waals surface area contributed by atoms with Crippen LogP contribution in [0.4, 0.5) is 14.5 Å². The molecule has 0 aromatic heterocycles. The van der Waals surface area contributed by atoms with Crippen LogP contribution in [-0.4, -0.2) is 18.6 Å². The van der Waals surface area contributed by atoms with Gasteiger partial charge < -0.3 is 15.8 Å². The second-order valence-electron chi connectivity index (χ2n) is 4.32. The van der Waals surface area contributed by atoms with Gasteiger partial charge in [0.15, 0.2) is 0 Å². The van der Waals surface area contributed by atoms with E-state index in [0.29, 0.717) is 5.69 Å². The van der Waals surface area contributed by atoms with E-state index in [2.05, 4.69) is 10.1 Å². The zero-order chi connectivity index (χ0) is 15.1. The maximum Gasteiger partial charge on any atom is 0.387 e. The first-order chi connectivity index (χ1) is 9.42. The molecular weight excluding hydrogens is 290 g/mol. The van der Waals surface area contributed by atoms with Gasteiger partial charge in [-0.25, -0.2) is 0 Å². The van der Waals surface area contributed by atoms with Crippen LogP contribution in [0.25, 0.3) is 0 Å². The second-order valence-corrected chi connectivity index (χ2v) is 4.73. The molecule has 0 spiro atoms. The lowest BCUT2D eigenvalue weighted by Crippen LogP contribution is -2.26. The predicted molar refractivity (Wildman–Crippen MR) is 74.2 cm³/mol. The SMILES string of the molecule is CCCC(N)CC(=O)Nc1ccc(OC(F)F)c(Cl)c1. The Morgan fingerprint density at radius 3 is 2.75 bits per heavy atom. The first-order valence-electron chi connectivity index (χ1n) is 6.22. The van der Waals surface area contributed by atoms with E-state index < -0.39 is 6.61 Å². The summed E-state index contributed by atoms with van der Waals surface area (Å²) in [5.41, 5.74) is 6.17. The van der Waals surface area contributed by atoms with Crippen molar-refractivity contribution in [3.8, 4) is 5.75 Å². The van der Waals surface area contributed by atoms with E-state index in [4.69, 9.17) is 17.3 Å². The number of benzene rings is 1. The molecule has 1 amide bonds. The number of alkyl halides is 2. The number of hydrogen-bond donors (Lipinski definition) is 2. The maximum atomic E-state index is 12.1. The number of amides is 1. The van der Waals surface area contributed by atoms with Crippen LogP contribution in [0.1, 0.15) is 26.2 Å². The van der Waals surface area contributed by atoms with Crippen molar-refractivity contribution in [3.05, 3.63) is 23.2 Å². The highest BCUT2D eigenvalue weighted by atomic mass is 35.5. The Labute approximate surface area is 121 Å². The fourth-order valence-corrected chi connectivity index (χ4v) is 1.92. The first kappa shape index (κ1) is 16.7. The number of carbonyl (C=O) groups is 1. The van der Waals surface area contributed by atoms with Crippen LogP contribution in [0.15, 0.2) is 18.2 Å². The molecule has 112 valence electrons. The Kier molecular flexibility index (Phi) is 6.67. The molecule has 20 heavy (non-hydrogen) atoms. The van der Waals surface area contributed by atoms with Crippen LogP contribution >= 0.6 is 11.6 Å². The topological polar surface area (TPSA) is 64.4 Å². The molecule has 0 aliphatic rings. The Bertz CT molecular complexity index is 458. The first-order valence-corrected chi connectivity index (χ1v) is 6.60. The fourth-order valence-electron chi connectivity index (χ4n) is 1.69. The highest BCUT2D eigenvalue weighted by Crippen LogP contribution is 2.28.